The third-order valence-corrected chi connectivity index (χ3v) is 5.08. The van der Waals surface area contributed by atoms with Crippen molar-refractivity contribution in [1.29, 1.82) is 0 Å². The van der Waals surface area contributed by atoms with Crippen LogP contribution >= 0.6 is 0 Å². The van der Waals surface area contributed by atoms with E-state index in [-0.39, 0.29) is 0 Å². The molecule has 3 heteroatoms. The molecule has 1 aliphatic rings. The van der Waals surface area contributed by atoms with E-state index in [1.54, 1.807) is 0 Å². The molecule has 3 nitrogen and oxygen atoms in total. The van der Waals surface area contributed by atoms with Crippen LogP contribution < -0.4 is 5.32 Å². The number of hydrogen-bond acceptors (Lipinski definition) is 3. The van der Waals surface area contributed by atoms with Gasteiger partial charge < -0.3 is 9.73 Å². The lowest BCUT2D eigenvalue weighted by Crippen LogP contribution is -2.39. The summed E-state index contributed by atoms with van der Waals surface area (Å²) in [7, 11) is 0. The topological polar surface area (TPSA) is 28.4 Å². The average Bonchev–Trinajstić information content (AvgIpc) is 2.94. The Morgan fingerprint density at radius 2 is 1.90 bits per heavy atom. The zero-order valence-electron chi connectivity index (χ0n) is 13.4. The third-order valence-electron chi connectivity index (χ3n) is 5.08. The molecule has 114 valence electrons. The van der Waals surface area contributed by atoms with Gasteiger partial charge in [-0.1, -0.05) is 33.6 Å². The van der Waals surface area contributed by atoms with E-state index in [0.29, 0.717) is 5.41 Å². The summed E-state index contributed by atoms with van der Waals surface area (Å²) in [6.07, 6.45) is 7.22. The predicted octanol–water partition coefficient (Wildman–Crippen LogP) is 3.79. The first kappa shape index (κ1) is 15.6. The van der Waals surface area contributed by atoms with Crippen molar-refractivity contribution in [1.82, 2.24) is 10.2 Å². The van der Waals surface area contributed by atoms with Crippen molar-refractivity contribution in [2.24, 2.45) is 5.41 Å². The number of hydrogen-bond donors (Lipinski definition) is 1. The Morgan fingerprint density at radius 1 is 1.20 bits per heavy atom. The first-order valence-electron chi connectivity index (χ1n) is 8.20. The highest BCUT2D eigenvalue weighted by Gasteiger charge is 2.31. The van der Waals surface area contributed by atoms with Crippen LogP contribution in [0, 0.1) is 5.41 Å². The Kier molecular flexibility index (Phi) is 5.67. The summed E-state index contributed by atoms with van der Waals surface area (Å²) in [5.74, 6) is 1.11. The lowest BCUT2D eigenvalue weighted by molar-refractivity contribution is 0.0863. The molecule has 0 amide bonds. The normalized spacial score (nSPS) is 19.4. The minimum atomic E-state index is 0.607. The highest BCUT2D eigenvalue weighted by atomic mass is 16.3. The SMILES string of the molecule is CCNCc1coc(CN2CCC(CC)(CC)CC2)c1. The number of rotatable bonds is 7. The van der Waals surface area contributed by atoms with Crippen LogP contribution in [0.15, 0.2) is 16.7 Å². The largest absolute Gasteiger partial charge is 0.468 e. The van der Waals surface area contributed by atoms with E-state index >= 15 is 0 Å². The summed E-state index contributed by atoms with van der Waals surface area (Å²) in [5.41, 5.74) is 1.87. The van der Waals surface area contributed by atoms with Crippen molar-refractivity contribution in [2.45, 2.75) is 59.5 Å². The monoisotopic (exact) mass is 278 g/mol. The second-order valence-corrected chi connectivity index (χ2v) is 6.18. The maximum absolute atomic E-state index is 5.69. The van der Waals surface area contributed by atoms with E-state index in [4.69, 9.17) is 4.42 Å². The van der Waals surface area contributed by atoms with E-state index in [9.17, 15) is 0 Å². The van der Waals surface area contributed by atoms with Crippen LogP contribution in [0.1, 0.15) is 57.8 Å². The van der Waals surface area contributed by atoms with Gasteiger partial charge in [0.15, 0.2) is 0 Å². The summed E-state index contributed by atoms with van der Waals surface area (Å²) in [6.45, 7) is 12.1. The Bertz CT molecular complexity index is 385. The van der Waals surface area contributed by atoms with Gasteiger partial charge in [-0.05, 0) is 44.0 Å². The second kappa shape index (κ2) is 7.28. The lowest BCUT2D eigenvalue weighted by atomic mass is 9.74. The van der Waals surface area contributed by atoms with E-state index in [2.05, 4.69) is 37.1 Å². The lowest BCUT2D eigenvalue weighted by Gasteiger charge is -2.40. The highest BCUT2D eigenvalue weighted by Crippen LogP contribution is 2.38. The van der Waals surface area contributed by atoms with Crippen molar-refractivity contribution in [3.8, 4) is 0 Å². The standard InChI is InChI=1S/C17H30N2O/c1-4-17(5-2)7-9-19(10-8-17)13-16-11-15(14-20-16)12-18-6-3/h11,14,18H,4-10,12-13H2,1-3H3. The van der Waals surface area contributed by atoms with Crippen LogP contribution in [0.3, 0.4) is 0 Å². The molecule has 1 N–H and O–H groups in total. The molecule has 2 rings (SSSR count). The van der Waals surface area contributed by atoms with E-state index < -0.39 is 0 Å². The van der Waals surface area contributed by atoms with Crippen molar-refractivity contribution in [3.05, 3.63) is 23.7 Å². The molecule has 0 atom stereocenters. The van der Waals surface area contributed by atoms with Gasteiger partial charge in [-0.3, -0.25) is 4.90 Å². The fraction of sp³-hybridized carbons (Fsp3) is 0.765. The van der Waals surface area contributed by atoms with E-state index in [1.165, 1.54) is 44.3 Å². The summed E-state index contributed by atoms with van der Waals surface area (Å²) < 4.78 is 5.69. The molecule has 1 aromatic heterocycles. The smallest absolute Gasteiger partial charge is 0.118 e. The summed E-state index contributed by atoms with van der Waals surface area (Å²) in [5, 5.41) is 3.33. The molecule has 0 radical (unpaired) electrons. The van der Waals surface area contributed by atoms with Crippen molar-refractivity contribution < 1.29 is 4.42 Å². The van der Waals surface area contributed by atoms with E-state index in [0.717, 1.165) is 25.4 Å². The zero-order chi connectivity index (χ0) is 14.4. The van der Waals surface area contributed by atoms with Gasteiger partial charge in [-0.25, -0.2) is 0 Å². The zero-order valence-corrected chi connectivity index (χ0v) is 13.4. The number of nitrogens with one attached hydrogen (secondary N) is 1. The average molecular weight is 278 g/mol. The van der Waals surface area contributed by atoms with Gasteiger partial charge in [0, 0.05) is 12.1 Å². The van der Waals surface area contributed by atoms with Crippen molar-refractivity contribution >= 4 is 0 Å². The number of piperidine rings is 1. The molecular formula is C17H30N2O. The molecule has 20 heavy (non-hydrogen) atoms. The van der Waals surface area contributed by atoms with Crippen LogP contribution in [0.5, 0.6) is 0 Å². The maximum atomic E-state index is 5.69. The van der Waals surface area contributed by atoms with Gasteiger partial charge in [0.25, 0.3) is 0 Å². The Hall–Kier alpha value is -0.800. The highest BCUT2D eigenvalue weighted by molar-refractivity contribution is 5.12. The van der Waals surface area contributed by atoms with Crippen LogP contribution in [-0.2, 0) is 13.1 Å². The Morgan fingerprint density at radius 3 is 2.50 bits per heavy atom. The van der Waals surface area contributed by atoms with E-state index in [1.807, 2.05) is 6.26 Å². The van der Waals surface area contributed by atoms with Gasteiger partial charge in [0.05, 0.1) is 12.8 Å². The molecule has 0 spiro atoms. The molecule has 1 saturated heterocycles. The molecule has 1 aliphatic heterocycles. The first-order chi connectivity index (χ1) is 9.71. The summed E-state index contributed by atoms with van der Waals surface area (Å²) >= 11 is 0. The Labute approximate surface area is 123 Å². The van der Waals surface area contributed by atoms with Gasteiger partial charge >= 0.3 is 0 Å². The second-order valence-electron chi connectivity index (χ2n) is 6.18. The van der Waals surface area contributed by atoms with Crippen LogP contribution in [0.2, 0.25) is 0 Å². The Balaban J connectivity index is 1.82. The number of likely N-dealkylation sites (tertiary alicyclic amines) is 1. The quantitative estimate of drug-likeness (QED) is 0.822. The minimum Gasteiger partial charge on any atom is -0.468 e. The van der Waals surface area contributed by atoms with Crippen LogP contribution in [0.4, 0.5) is 0 Å². The summed E-state index contributed by atoms with van der Waals surface area (Å²) in [4.78, 5) is 2.54. The van der Waals surface area contributed by atoms with Gasteiger partial charge in [-0.2, -0.15) is 0 Å². The molecule has 0 aliphatic carbocycles. The van der Waals surface area contributed by atoms with Crippen LogP contribution in [-0.4, -0.2) is 24.5 Å². The number of nitrogens with zero attached hydrogens (tertiary/aromatic N) is 1. The molecule has 2 heterocycles. The van der Waals surface area contributed by atoms with Gasteiger partial charge in [0.1, 0.15) is 5.76 Å². The molecule has 0 unspecified atom stereocenters. The summed E-state index contributed by atoms with van der Waals surface area (Å²) in [6, 6.07) is 2.20. The molecule has 1 fully saturated rings. The first-order valence-corrected chi connectivity index (χ1v) is 8.20. The van der Waals surface area contributed by atoms with Crippen LogP contribution in [0.25, 0.3) is 0 Å². The molecule has 0 aromatic carbocycles. The minimum absolute atomic E-state index is 0.607. The number of furan rings is 1. The van der Waals surface area contributed by atoms with Crippen molar-refractivity contribution in [2.75, 3.05) is 19.6 Å². The molecule has 0 saturated carbocycles. The molecule has 0 bridgehead atoms. The van der Waals surface area contributed by atoms with Gasteiger partial charge in [0.2, 0.25) is 0 Å². The van der Waals surface area contributed by atoms with Crippen molar-refractivity contribution in [3.63, 3.8) is 0 Å². The predicted molar refractivity (Wildman–Crippen MR) is 83.6 cm³/mol. The third kappa shape index (κ3) is 3.86. The fourth-order valence-electron chi connectivity index (χ4n) is 3.23. The maximum Gasteiger partial charge on any atom is 0.118 e. The van der Waals surface area contributed by atoms with Gasteiger partial charge in [-0.15, -0.1) is 0 Å². The fourth-order valence-corrected chi connectivity index (χ4v) is 3.23. The molecular weight excluding hydrogens is 248 g/mol. The molecule has 1 aromatic rings.